The van der Waals surface area contributed by atoms with E-state index in [2.05, 4.69) is 26.0 Å². The molecular formula is C13H17ClO. The van der Waals surface area contributed by atoms with Crippen molar-refractivity contribution in [2.24, 2.45) is 5.92 Å². The highest BCUT2D eigenvalue weighted by Crippen LogP contribution is 2.19. The van der Waals surface area contributed by atoms with Gasteiger partial charge in [0.15, 0.2) is 0 Å². The van der Waals surface area contributed by atoms with Crippen LogP contribution in [0.15, 0.2) is 29.8 Å². The molecule has 1 nitrogen and oxygen atoms in total. The van der Waals surface area contributed by atoms with E-state index in [1.54, 1.807) is 7.11 Å². The van der Waals surface area contributed by atoms with Crippen molar-refractivity contribution in [3.8, 4) is 5.75 Å². The Kier molecular flexibility index (Phi) is 4.70. The highest BCUT2D eigenvalue weighted by molar-refractivity contribution is 6.19. The van der Waals surface area contributed by atoms with Gasteiger partial charge < -0.3 is 4.74 Å². The zero-order valence-electron chi connectivity index (χ0n) is 9.46. The summed E-state index contributed by atoms with van der Waals surface area (Å²) in [7, 11) is 1.67. The lowest BCUT2D eigenvalue weighted by molar-refractivity contribution is 0.414. The van der Waals surface area contributed by atoms with Gasteiger partial charge in [0, 0.05) is 5.88 Å². The Balaban J connectivity index is 2.95. The van der Waals surface area contributed by atoms with Crippen LogP contribution in [0.4, 0.5) is 0 Å². The molecule has 0 aliphatic carbocycles. The van der Waals surface area contributed by atoms with Crippen molar-refractivity contribution in [2.45, 2.75) is 13.8 Å². The van der Waals surface area contributed by atoms with Crippen LogP contribution in [0.5, 0.6) is 5.75 Å². The monoisotopic (exact) mass is 224 g/mol. The zero-order chi connectivity index (χ0) is 11.3. The summed E-state index contributed by atoms with van der Waals surface area (Å²) in [6, 6.07) is 7.98. The van der Waals surface area contributed by atoms with Gasteiger partial charge in [-0.3, -0.25) is 0 Å². The van der Waals surface area contributed by atoms with Crippen molar-refractivity contribution in [3.05, 3.63) is 35.4 Å². The predicted octanol–water partition coefficient (Wildman–Crippen LogP) is 3.97. The molecule has 0 saturated carbocycles. The van der Waals surface area contributed by atoms with Crippen LogP contribution in [-0.2, 0) is 0 Å². The van der Waals surface area contributed by atoms with Crippen LogP contribution in [0.1, 0.15) is 19.4 Å². The van der Waals surface area contributed by atoms with Gasteiger partial charge in [-0.05, 0) is 23.6 Å². The number of alkyl halides is 1. The van der Waals surface area contributed by atoms with Crippen molar-refractivity contribution < 1.29 is 4.74 Å². The number of hydrogen-bond donors (Lipinski definition) is 0. The van der Waals surface area contributed by atoms with Crippen molar-refractivity contribution in [2.75, 3.05) is 13.0 Å². The summed E-state index contributed by atoms with van der Waals surface area (Å²) in [6.07, 6.45) is 2.13. The van der Waals surface area contributed by atoms with E-state index in [0.717, 1.165) is 11.3 Å². The molecule has 1 rings (SSSR count). The Morgan fingerprint density at radius 3 is 2.73 bits per heavy atom. The van der Waals surface area contributed by atoms with Gasteiger partial charge in [-0.1, -0.05) is 37.6 Å². The normalized spacial score (nSPS) is 11.9. The third kappa shape index (κ3) is 3.60. The highest BCUT2D eigenvalue weighted by atomic mass is 35.5. The van der Waals surface area contributed by atoms with Crippen molar-refractivity contribution in [3.63, 3.8) is 0 Å². The molecule has 15 heavy (non-hydrogen) atoms. The van der Waals surface area contributed by atoms with E-state index in [-0.39, 0.29) is 0 Å². The lowest BCUT2D eigenvalue weighted by atomic mass is 10.0. The fraction of sp³-hybridized carbons (Fsp3) is 0.385. The Morgan fingerprint density at radius 2 is 2.20 bits per heavy atom. The van der Waals surface area contributed by atoms with Crippen LogP contribution in [0.25, 0.3) is 6.08 Å². The second-order valence-electron chi connectivity index (χ2n) is 3.78. The third-order valence-corrected chi connectivity index (χ3v) is 2.65. The highest BCUT2D eigenvalue weighted by Gasteiger charge is 2.02. The van der Waals surface area contributed by atoms with E-state index in [0.29, 0.717) is 11.8 Å². The van der Waals surface area contributed by atoms with Gasteiger partial charge in [-0.2, -0.15) is 0 Å². The summed E-state index contributed by atoms with van der Waals surface area (Å²) >= 11 is 5.89. The fourth-order valence-corrected chi connectivity index (χ4v) is 1.69. The summed E-state index contributed by atoms with van der Waals surface area (Å²) in [5.41, 5.74) is 2.38. The molecule has 0 aromatic heterocycles. The molecule has 0 bridgehead atoms. The maximum absolute atomic E-state index is 5.89. The van der Waals surface area contributed by atoms with Crippen LogP contribution >= 0.6 is 11.6 Å². The van der Waals surface area contributed by atoms with Gasteiger partial charge in [-0.25, -0.2) is 0 Å². The van der Waals surface area contributed by atoms with Crippen molar-refractivity contribution in [1.82, 2.24) is 0 Å². The summed E-state index contributed by atoms with van der Waals surface area (Å²) in [5.74, 6) is 1.93. The minimum atomic E-state index is 0.480. The van der Waals surface area contributed by atoms with E-state index in [1.807, 2.05) is 18.2 Å². The summed E-state index contributed by atoms with van der Waals surface area (Å²) < 4.78 is 5.17. The van der Waals surface area contributed by atoms with Crippen molar-refractivity contribution >= 4 is 17.7 Å². The van der Waals surface area contributed by atoms with Crippen LogP contribution in [0.2, 0.25) is 0 Å². The lowest BCUT2D eigenvalue weighted by Gasteiger charge is -2.08. The number of methoxy groups -OCH3 is 1. The molecule has 0 amide bonds. The number of ether oxygens (including phenoxy) is 1. The molecule has 0 N–H and O–H groups in total. The Hall–Kier alpha value is -0.950. The first kappa shape index (κ1) is 12.1. The van der Waals surface area contributed by atoms with E-state index in [1.165, 1.54) is 5.57 Å². The number of allylic oxidation sites excluding steroid dienone is 1. The second kappa shape index (κ2) is 5.82. The topological polar surface area (TPSA) is 9.23 Å². The number of rotatable bonds is 4. The second-order valence-corrected chi connectivity index (χ2v) is 4.05. The van der Waals surface area contributed by atoms with Gasteiger partial charge >= 0.3 is 0 Å². The number of hydrogen-bond acceptors (Lipinski definition) is 1. The van der Waals surface area contributed by atoms with E-state index < -0.39 is 0 Å². The molecule has 0 heterocycles. The molecule has 1 aromatic carbocycles. The molecule has 1 aromatic rings. The molecule has 0 saturated heterocycles. The molecule has 0 atom stereocenters. The smallest absolute Gasteiger partial charge is 0.119 e. The zero-order valence-corrected chi connectivity index (χ0v) is 10.2. The average Bonchev–Trinajstić information content (AvgIpc) is 2.25. The Morgan fingerprint density at radius 1 is 1.47 bits per heavy atom. The number of benzene rings is 1. The first-order valence-electron chi connectivity index (χ1n) is 5.08. The average molecular weight is 225 g/mol. The Bertz CT molecular complexity index is 342. The minimum Gasteiger partial charge on any atom is -0.497 e. The molecule has 0 aliphatic heterocycles. The summed E-state index contributed by atoms with van der Waals surface area (Å²) in [5, 5.41) is 0. The minimum absolute atomic E-state index is 0.480. The first-order chi connectivity index (χ1) is 7.17. The number of halogens is 1. The lowest BCUT2D eigenvalue weighted by Crippen LogP contribution is -1.95. The molecule has 0 aliphatic rings. The maximum atomic E-state index is 5.89. The largest absolute Gasteiger partial charge is 0.497 e. The van der Waals surface area contributed by atoms with E-state index in [4.69, 9.17) is 16.3 Å². The van der Waals surface area contributed by atoms with Gasteiger partial charge in [-0.15, -0.1) is 11.6 Å². The maximum Gasteiger partial charge on any atom is 0.119 e. The van der Waals surface area contributed by atoms with Gasteiger partial charge in [0.1, 0.15) is 5.75 Å². The third-order valence-electron chi connectivity index (χ3n) is 2.34. The quantitative estimate of drug-likeness (QED) is 0.704. The molecule has 2 heteroatoms. The summed E-state index contributed by atoms with van der Waals surface area (Å²) in [4.78, 5) is 0. The SMILES string of the molecule is COc1cccc(C=C(CCl)C(C)C)c1. The van der Waals surface area contributed by atoms with Crippen LogP contribution in [-0.4, -0.2) is 13.0 Å². The first-order valence-corrected chi connectivity index (χ1v) is 5.61. The van der Waals surface area contributed by atoms with Crippen LogP contribution in [0.3, 0.4) is 0 Å². The van der Waals surface area contributed by atoms with E-state index in [9.17, 15) is 0 Å². The summed E-state index contributed by atoms with van der Waals surface area (Å²) in [6.45, 7) is 4.29. The van der Waals surface area contributed by atoms with Crippen molar-refractivity contribution in [1.29, 1.82) is 0 Å². The van der Waals surface area contributed by atoms with Gasteiger partial charge in [0.05, 0.1) is 7.11 Å². The molecule has 0 radical (unpaired) electrons. The predicted molar refractivity (Wildman–Crippen MR) is 66.5 cm³/mol. The van der Waals surface area contributed by atoms with Crippen LogP contribution in [0, 0.1) is 5.92 Å². The molecule has 0 spiro atoms. The van der Waals surface area contributed by atoms with Crippen LogP contribution < -0.4 is 4.74 Å². The van der Waals surface area contributed by atoms with Gasteiger partial charge in [0.25, 0.3) is 0 Å². The standard InChI is InChI=1S/C13H17ClO/c1-10(2)12(9-14)7-11-5-4-6-13(8-11)15-3/h4-8,10H,9H2,1-3H3. The molecular weight excluding hydrogens is 208 g/mol. The molecule has 82 valence electrons. The van der Waals surface area contributed by atoms with E-state index >= 15 is 0 Å². The Labute approximate surface area is 96.7 Å². The molecule has 0 fully saturated rings. The van der Waals surface area contributed by atoms with Gasteiger partial charge in [0.2, 0.25) is 0 Å². The fourth-order valence-electron chi connectivity index (χ4n) is 1.30. The molecule has 0 unspecified atom stereocenters.